The van der Waals surface area contributed by atoms with Crippen LogP contribution in [-0.4, -0.2) is 75.5 Å². The fourth-order valence-corrected chi connectivity index (χ4v) is 5.23. The van der Waals surface area contributed by atoms with E-state index in [1.165, 1.54) is 12.6 Å². The van der Waals surface area contributed by atoms with E-state index in [1.807, 2.05) is 32.2 Å². The quantitative estimate of drug-likeness (QED) is 0.454. The smallest absolute Gasteiger partial charge is 0.242 e. The van der Waals surface area contributed by atoms with Gasteiger partial charge in [0.1, 0.15) is 10.7 Å². The van der Waals surface area contributed by atoms with Gasteiger partial charge in [-0.15, -0.1) is 0 Å². The molecule has 4 rings (SSSR count). The van der Waals surface area contributed by atoms with Crippen molar-refractivity contribution in [2.24, 2.45) is 0 Å². The van der Waals surface area contributed by atoms with E-state index in [0.717, 1.165) is 44.0 Å². The number of aryl methyl sites for hydroxylation is 1. The van der Waals surface area contributed by atoms with Gasteiger partial charge in [-0.1, -0.05) is 31.2 Å². The van der Waals surface area contributed by atoms with Crippen molar-refractivity contribution in [3.05, 3.63) is 65.9 Å². The van der Waals surface area contributed by atoms with Gasteiger partial charge in [0.2, 0.25) is 16.0 Å². The monoisotopic (exact) mass is 509 g/mol. The van der Waals surface area contributed by atoms with Crippen LogP contribution in [0.3, 0.4) is 0 Å². The highest BCUT2D eigenvalue weighted by Gasteiger charge is 2.21. The lowest BCUT2D eigenvalue weighted by Crippen LogP contribution is -2.43. The Hall–Kier alpha value is -3.05. The molecule has 192 valence electrons. The molecule has 3 aromatic rings. The molecule has 9 nitrogen and oxygen atoms in total. The molecule has 0 atom stereocenters. The summed E-state index contributed by atoms with van der Waals surface area (Å²) in [4.78, 5) is 16.1. The molecule has 0 aliphatic carbocycles. The minimum Gasteiger partial charge on any atom is -0.328 e. The van der Waals surface area contributed by atoms with Gasteiger partial charge in [-0.2, -0.15) is 4.98 Å². The van der Waals surface area contributed by atoms with Gasteiger partial charge in [0.15, 0.2) is 0 Å². The fraction of sp³-hybridized carbons (Fsp3) is 0.385. The van der Waals surface area contributed by atoms with Crippen molar-refractivity contribution in [1.29, 1.82) is 0 Å². The van der Waals surface area contributed by atoms with Crippen molar-refractivity contribution in [3.63, 3.8) is 0 Å². The molecule has 0 amide bonds. The van der Waals surface area contributed by atoms with Crippen LogP contribution >= 0.6 is 0 Å². The number of nitrogens with one attached hydrogen (secondary N) is 2. The summed E-state index contributed by atoms with van der Waals surface area (Å²) < 4.78 is 27.6. The van der Waals surface area contributed by atoms with Crippen molar-refractivity contribution < 1.29 is 8.42 Å². The van der Waals surface area contributed by atoms with Gasteiger partial charge in [0.25, 0.3) is 0 Å². The lowest BCUT2D eigenvalue weighted by molar-refractivity contribution is 0.148. The number of benzene rings is 2. The third-order valence-electron chi connectivity index (χ3n) is 6.54. The summed E-state index contributed by atoms with van der Waals surface area (Å²) in [6, 6.07) is 15.2. The number of aromatic nitrogens is 2. The molecule has 1 saturated heterocycles. The summed E-state index contributed by atoms with van der Waals surface area (Å²) in [5.41, 5.74) is 3.63. The highest BCUT2D eigenvalue weighted by atomic mass is 32.2. The molecule has 1 fully saturated rings. The van der Waals surface area contributed by atoms with Crippen molar-refractivity contribution in [2.45, 2.75) is 24.8 Å². The number of hydrogen-bond donors (Lipinski definition) is 2. The van der Waals surface area contributed by atoms with Crippen molar-refractivity contribution in [3.8, 4) is 0 Å². The topological polar surface area (TPSA) is 93.7 Å². The standard InChI is InChI=1S/C26H35N7O2S/c1-5-21-18-28-26(29-22-12-10-20(11-13-22)19-33-16-14-31(3)15-17-33)30-25(21)32(4)23-8-6-7-9-24(23)36(34,35)27-2/h6-13,18,27H,5,14-17,19H2,1-4H3,(H,28,29,30). The Morgan fingerprint density at radius 1 is 1.03 bits per heavy atom. The molecule has 0 bridgehead atoms. The largest absolute Gasteiger partial charge is 0.328 e. The maximum atomic E-state index is 12.6. The molecule has 1 aromatic heterocycles. The second-order valence-electron chi connectivity index (χ2n) is 9.03. The molecule has 0 spiro atoms. The van der Waals surface area contributed by atoms with Crippen LogP contribution in [0.2, 0.25) is 0 Å². The maximum absolute atomic E-state index is 12.6. The molecule has 2 heterocycles. The highest BCUT2D eigenvalue weighted by molar-refractivity contribution is 7.89. The van der Waals surface area contributed by atoms with Gasteiger partial charge in [-0.05, 0) is 50.3 Å². The maximum Gasteiger partial charge on any atom is 0.242 e. The molecule has 0 saturated carbocycles. The first kappa shape index (κ1) is 26.0. The summed E-state index contributed by atoms with van der Waals surface area (Å²) in [5, 5.41) is 3.29. The second kappa shape index (κ2) is 11.3. The lowest BCUT2D eigenvalue weighted by Gasteiger charge is -2.32. The van der Waals surface area contributed by atoms with E-state index in [4.69, 9.17) is 4.98 Å². The lowest BCUT2D eigenvalue weighted by atomic mass is 10.2. The summed E-state index contributed by atoms with van der Waals surface area (Å²) in [5.74, 6) is 1.11. The number of likely N-dealkylation sites (N-methyl/N-ethyl adjacent to an activating group) is 1. The van der Waals surface area contributed by atoms with Gasteiger partial charge in [0.05, 0.1) is 5.69 Å². The third-order valence-corrected chi connectivity index (χ3v) is 8.00. The predicted molar refractivity (Wildman–Crippen MR) is 145 cm³/mol. The molecule has 1 aliphatic rings. The number of rotatable bonds is 9. The normalized spacial score (nSPS) is 15.1. The van der Waals surface area contributed by atoms with Crippen LogP contribution in [0.5, 0.6) is 0 Å². The first-order chi connectivity index (χ1) is 17.3. The Bertz CT molecular complexity index is 1270. The number of anilines is 4. The van der Waals surface area contributed by atoms with Crippen LogP contribution in [0.4, 0.5) is 23.1 Å². The summed E-state index contributed by atoms with van der Waals surface area (Å²) in [7, 11) is 1.76. The molecule has 0 radical (unpaired) electrons. The van der Waals surface area contributed by atoms with Crippen LogP contribution in [0.25, 0.3) is 0 Å². The Morgan fingerprint density at radius 3 is 2.39 bits per heavy atom. The number of sulfonamides is 1. The molecular weight excluding hydrogens is 474 g/mol. The summed E-state index contributed by atoms with van der Waals surface area (Å²) >= 11 is 0. The van der Waals surface area contributed by atoms with Crippen LogP contribution in [0.1, 0.15) is 18.1 Å². The van der Waals surface area contributed by atoms with Crippen LogP contribution in [0, 0.1) is 0 Å². The zero-order chi connectivity index (χ0) is 25.7. The Morgan fingerprint density at radius 2 is 1.72 bits per heavy atom. The molecule has 2 N–H and O–H groups in total. The van der Waals surface area contributed by atoms with Gasteiger partial charge in [0, 0.05) is 57.2 Å². The molecule has 36 heavy (non-hydrogen) atoms. The Balaban J connectivity index is 1.53. The minimum atomic E-state index is -3.63. The Labute approximate surface area is 214 Å². The van der Waals surface area contributed by atoms with E-state index in [0.29, 0.717) is 23.9 Å². The molecule has 2 aromatic carbocycles. The van der Waals surface area contributed by atoms with Crippen molar-refractivity contribution in [1.82, 2.24) is 24.5 Å². The Kier molecular flexibility index (Phi) is 8.20. The summed E-state index contributed by atoms with van der Waals surface area (Å²) in [6.07, 6.45) is 2.50. The second-order valence-corrected chi connectivity index (χ2v) is 10.9. The molecule has 1 aliphatic heterocycles. The van der Waals surface area contributed by atoms with E-state index in [-0.39, 0.29) is 4.90 Å². The van der Waals surface area contributed by atoms with E-state index >= 15 is 0 Å². The molecule has 10 heteroatoms. The number of piperazine rings is 1. The highest BCUT2D eigenvalue weighted by Crippen LogP contribution is 2.31. The zero-order valence-corrected chi connectivity index (χ0v) is 22.2. The van der Waals surface area contributed by atoms with Gasteiger partial charge in [-0.3, -0.25) is 4.90 Å². The zero-order valence-electron chi connectivity index (χ0n) is 21.4. The van der Waals surface area contributed by atoms with Gasteiger partial charge in [-0.25, -0.2) is 18.1 Å². The number of nitrogens with zero attached hydrogens (tertiary/aromatic N) is 5. The molecule has 0 unspecified atom stereocenters. The number of para-hydroxylation sites is 1. The van der Waals surface area contributed by atoms with E-state index in [9.17, 15) is 8.42 Å². The van der Waals surface area contributed by atoms with Crippen LogP contribution in [0.15, 0.2) is 59.6 Å². The van der Waals surface area contributed by atoms with E-state index in [1.54, 1.807) is 29.3 Å². The van der Waals surface area contributed by atoms with Gasteiger partial charge >= 0.3 is 0 Å². The average molecular weight is 510 g/mol. The predicted octanol–water partition coefficient (Wildman–Crippen LogP) is 3.21. The van der Waals surface area contributed by atoms with E-state index in [2.05, 4.69) is 44.0 Å². The first-order valence-corrected chi connectivity index (χ1v) is 13.7. The van der Waals surface area contributed by atoms with Crippen molar-refractivity contribution >= 4 is 33.2 Å². The van der Waals surface area contributed by atoms with Crippen LogP contribution < -0.4 is 14.9 Å². The average Bonchev–Trinajstić information content (AvgIpc) is 2.90. The third kappa shape index (κ3) is 6.01. The minimum absolute atomic E-state index is 0.195. The first-order valence-electron chi connectivity index (χ1n) is 12.2. The number of hydrogen-bond acceptors (Lipinski definition) is 8. The fourth-order valence-electron chi connectivity index (χ4n) is 4.27. The summed E-state index contributed by atoms with van der Waals surface area (Å²) in [6.45, 7) is 7.35. The van der Waals surface area contributed by atoms with Crippen LogP contribution in [-0.2, 0) is 23.0 Å². The SMILES string of the molecule is CCc1cnc(Nc2ccc(CN3CCN(C)CC3)cc2)nc1N(C)c1ccccc1S(=O)(=O)NC. The van der Waals surface area contributed by atoms with E-state index < -0.39 is 10.0 Å². The van der Waals surface area contributed by atoms with Gasteiger partial charge < -0.3 is 15.1 Å². The van der Waals surface area contributed by atoms with Crippen molar-refractivity contribution in [2.75, 3.05) is 57.5 Å². The molecular formula is C26H35N7O2S.